The molecule has 2 amide bonds. The highest BCUT2D eigenvalue weighted by Crippen LogP contribution is 2.20. The summed E-state index contributed by atoms with van der Waals surface area (Å²) in [6.07, 6.45) is 5.78. The summed E-state index contributed by atoms with van der Waals surface area (Å²) in [6.45, 7) is 1.75. The first-order valence-electron chi connectivity index (χ1n) is 11.2. The molecular formula is C25H30ClFN2O3. The van der Waals surface area contributed by atoms with E-state index >= 15 is 0 Å². The third-order valence-electron chi connectivity index (χ3n) is 5.79. The summed E-state index contributed by atoms with van der Waals surface area (Å²) in [7, 11) is 0. The highest BCUT2D eigenvalue weighted by molar-refractivity contribution is 6.30. The van der Waals surface area contributed by atoms with E-state index in [9.17, 15) is 14.0 Å². The van der Waals surface area contributed by atoms with Crippen LogP contribution in [0.1, 0.15) is 51.0 Å². The van der Waals surface area contributed by atoms with Crippen LogP contribution < -0.4 is 10.1 Å². The quantitative estimate of drug-likeness (QED) is 0.565. The van der Waals surface area contributed by atoms with Gasteiger partial charge in [-0.1, -0.05) is 62.1 Å². The monoisotopic (exact) mass is 460 g/mol. The molecule has 0 bridgehead atoms. The van der Waals surface area contributed by atoms with Gasteiger partial charge in [-0.05, 0) is 49.1 Å². The van der Waals surface area contributed by atoms with Crippen molar-refractivity contribution in [2.24, 2.45) is 0 Å². The zero-order valence-electron chi connectivity index (χ0n) is 18.4. The van der Waals surface area contributed by atoms with Crippen molar-refractivity contribution in [2.75, 3.05) is 6.61 Å². The van der Waals surface area contributed by atoms with Crippen LogP contribution >= 0.6 is 11.6 Å². The molecule has 1 N–H and O–H groups in total. The number of hydrogen-bond donors (Lipinski definition) is 1. The van der Waals surface area contributed by atoms with Gasteiger partial charge in [-0.25, -0.2) is 4.39 Å². The van der Waals surface area contributed by atoms with Crippen LogP contribution in [0.5, 0.6) is 5.75 Å². The van der Waals surface area contributed by atoms with E-state index in [0.717, 1.165) is 31.2 Å². The molecule has 0 spiro atoms. The number of ether oxygens (including phenoxy) is 1. The molecule has 0 heterocycles. The van der Waals surface area contributed by atoms with Crippen LogP contribution in [0.4, 0.5) is 4.39 Å². The van der Waals surface area contributed by atoms with Crippen LogP contribution in [0.3, 0.4) is 0 Å². The summed E-state index contributed by atoms with van der Waals surface area (Å²) in [5, 5.41) is 3.72. The van der Waals surface area contributed by atoms with Crippen molar-refractivity contribution < 1.29 is 18.7 Å². The van der Waals surface area contributed by atoms with Gasteiger partial charge in [0.05, 0.1) is 0 Å². The van der Waals surface area contributed by atoms with Gasteiger partial charge in [-0.3, -0.25) is 9.59 Å². The highest BCUT2D eigenvalue weighted by Gasteiger charge is 2.30. The molecule has 7 heteroatoms. The summed E-state index contributed by atoms with van der Waals surface area (Å²) in [4.78, 5) is 27.8. The average Bonchev–Trinajstić information content (AvgIpc) is 2.80. The highest BCUT2D eigenvalue weighted by atomic mass is 35.5. The van der Waals surface area contributed by atoms with Crippen molar-refractivity contribution in [3.8, 4) is 5.75 Å². The van der Waals surface area contributed by atoms with Gasteiger partial charge < -0.3 is 15.0 Å². The first-order chi connectivity index (χ1) is 15.5. The number of amides is 2. The van der Waals surface area contributed by atoms with E-state index < -0.39 is 11.9 Å². The third-order valence-corrected chi connectivity index (χ3v) is 6.04. The molecule has 5 nitrogen and oxygen atoms in total. The zero-order chi connectivity index (χ0) is 22.9. The molecule has 1 fully saturated rings. The first kappa shape index (κ1) is 24.1. The normalized spacial score (nSPS) is 15.1. The van der Waals surface area contributed by atoms with Crippen LogP contribution in [0.15, 0.2) is 48.5 Å². The van der Waals surface area contributed by atoms with Crippen LogP contribution in [-0.4, -0.2) is 35.4 Å². The van der Waals surface area contributed by atoms with Crippen molar-refractivity contribution in [1.82, 2.24) is 10.2 Å². The minimum Gasteiger partial charge on any atom is -0.481 e. The van der Waals surface area contributed by atoms with E-state index in [1.54, 1.807) is 24.3 Å². The molecule has 0 aliphatic heterocycles. The SMILES string of the molecule is CCC(C(=O)NC1CCCCC1)N(Cc1ccc(Cl)cc1)C(=O)COc1ccccc1F. The first-order valence-corrected chi connectivity index (χ1v) is 11.6. The Bertz CT molecular complexity index is 900. The Morgan fingerprint density at radius 1 is 1.12 bits per heavy atom. The van der Waals surface area contributed by atoms with Gasteiger partial charge in [0.2, 0.25) is 5.91 Å². The van der Waals surface area contributed by atoms with Crippen LogP contribution in [0.25, 0.3) is 0 Å². The topological polar surface area (TPSA) is 58.6 Å². The van der Waals surface area contributed by atoms with Crippen LogP contribution in [-0.2, 0) is 16.1 Å². The van der Waals surface area contributed by atoms with Crippen molar-refractivity contribution in [2.45, 2.75) is 64.1 Å². The molecule has 32 heavy (non-hydrogen) atoms. The average molecular weight is 461 g/mol. The molecule has 3 rings (SSSR count). The minimum atomic E-state index is -0.649. The maximum Gasteiger partial charge on any atom is 0.261 e. The van der Waals surface area contributed by atoms with Gasteiger partial charge in [0.1, 0.15) is 6.04 Å². The summed E-state index contributed by atoms with van der Waals surface area (Å²) in [5.74, 6) is -1.07. The van der Waals surface area contributed by atoms with Crippen LogP contribution in [0, 0.1) is 5.82 Å². The van der Waals surface area contributed by atoms with E-state index in [1.165, 1.54) is 23.5 Å². The maximum absolute atomic E-state index is 13.9. The van der Waals surface area contributed by atoms with Gasteiger partial charge in [0.15, 0.2) is 18.2 Å². The summed E-state index contributed by atoms with van der Waals surface area (Å²) in [5.41, 5.74) is 0.845. The van der Waals surface area contributed by atoms with E-state index in [0.29, 0.717) is 11.4 Å². The van der Waals surface area contributed by atoms with Gasteiger partial charge in [-0.15, -0.1) is 0 Å². The number of para-hydroxylation sites is 1. The maximum atomic E-state index is 13.9. The number of halogens is 2. The molecule has 1 aliphatic carbocycles. The third kappa shape index (κ3) is 6.70. The summed E-state index contributed by atoms with van der Waals surface area (Å²) >= 11 is 5.99. The Kier molecular flexibility index (Phi) is 8.91. The van der Waals surface area contributed by atoms with E-state index in [4.69, 9.17) is 16.3 Å². The van der Waals surface area contributed by atoms with E-state index in [-0.39, 0.29) is 36.8 Å². The minimum absolute atomic E-state index is 0.00648. The number of carbonyl (C=O) groups excluding carboxylic acids is 2. The number of benzene rings is 2. The second-order valence-corrected chi connectivity index (χ2v) is 8.57. The zero-order valence-corrected chi connectivity index (χ0v) is 19.1. The Labute approximate surface area is 193 Å². The van der Waals surface area contributed by atoms with Gasteiger partial charge >= 0.3 is 0 Å². The Hall–Kier alpha value is -2.60. The summed E-state index contributed by atoms with van der Waals surface area (Å²) in [6, 6.07) is 12.6. The fourth-order valence-corrected chi connectivity index (χ4v) is 4.16. The number of rotatable bonds is 9. The van der Waals surface area contributed by atoms with Gasteiger partial charge in [0, 0.05) is 17.6 Å². The molecule has 0 aromatic heterocycles. The number of nitrogens with zero attached hydrogens (tertiary/aromatic N) is 1. The molecule has 0 radical (unpaired) electrons. The van der Waals surface area contributed by atoms with E-state index in [1.807, 2.05) is 19.1 Å². The number of carbonyl (C=O) groups is 2. The smallest absolute Gasteiger partial charge is 0.261 e. The lowest BCUT2D eigenvalue weighted by atomic mass is 9.95. The Morgan fingerprint density at radius 2 is 1.81 bits per heavy atom. The lowest BCUT2D eigenvalue weighted by Gasteiger charge is -2.32. The largest absolute Gasteiger partial charge is 0.481 e. The molecule has 1 saturated carbocycles. The lowest BCUT2D eigenvalue weighted by Crippen LogP contribution is -2.52. The molecule has 1 aliphatic rings. The van der Waals surface area contributed by atoms with Gasteiger partial charge in [-0.2, -0.15) is 0 Å². The second-order valence-electron chi connectivity index (χ2n) is 8.13. The predicted octanol–water partition coefficient (Wildman–Crippen LogP) is 5.11. The van der Waals surface area contributed by atoms with Crippen LogP contribution in [0.2, 0.25) is 5.02 Å². The summed E-state index contributed by atoms with van der Waals surface area (Å²) < 4.78 is 19.4. The Morgan fingerprint density at radius 3 is 2.47 bits per heavy atom. The molecule has 2 aromatic carbocycles. The molecule has 0 saturated heterocycles. The van der Waals surface area contributed by atoms with Crippen molar-refractivity contribution in [3.63, 3.8) is 0 Å². The molecule has 1 atom stereocenters. The van der Waals surface area contributed by atoms with E-state index in [2.05, 4.69) is 5.32 Å². The van der Waals surface area contributed by atoms with Gasteiger partial charge in [0.25, 0.3) is 5.91 Å². The molecule has 172 valence electrons. The van der Waals surface area contributed by atoms with Crippen molar-refractivity contribution >= 4 is 23.4 Å². The molecule has 2 aromatic rings. The molecule has 1 unspecified atom stereocenters. The standard InChI is InChI=1S/C25H30ClFN2O3/c1-2-22(25(31)28-20-8-4-3-5-9-20)29(16-18-12-14-19(26)15-13-18)24(30)17-32-23-11-7-6-10-21(23)27/h6-7,10-15,20,22H,2-5,8-9,16-17H2,1H3,(H,28,31). The fourth-order valence-electron chi connectivity index (χ4n) is 4.03. The second kappa shape index (κ2) is 11.9. The fraction of sp³-hybridized carbons (Fsp3) is 0.440. The molecular weight excluding hydrogens is 431 g/mol. The number of nitrogens with one attached hydrogen (secondary N) is 1. The number of hydrogen-bond acceptors (Lipinski definition) is 3. The Balaban J connectivity index is 1.75. The van der Waals surface area contributed by atoms with Crippen molar-refractivity contribution in [1.29, 1.82) is 0 Å². The predicted molar refractivity (Wildman–Crippen MR) is 123 cm³/mol. The van der Waals surface area contributed by atoms with Crippen molar-refractivity contribution in [3.05, 3.63) is 64.9 Å². The lowest BCUT2D eigenvalue weighted by molar-refractivity contribution is -0.143.